The van der Waals surface area contributed by atoms with Crippen LogP contribution in [0.15, 0.2) is 6.33 Å². The first kappa shape index (κ1) is 14.1. The molecule has 0 saturated heterocycles. The summed E-state index contributed by atoms with van der Waals surface area (Å²) in [4.78, 5) is 21.7. The quantitative estimate of drug-likeness (QED) is 0.838. The van der Waals surface area contributed by atoms with Crippen molar-refractivity contribution in [2.75, 3.05) is 11.4 Å². The highest BCUT2D eigenvalue weighted by Gasteiger charge is 2.27. The van der Waals surface area contributed by atoms with Crippen LogP contribution in [0.3, 0.4) is 0 Å². The van der Waals surface area contributed by atoms with Gasteiger partial charge >= 0.3 is 0 Å². The number of hydrogen-bond donors (Lipinski definition) is 1. The molecule has 1 saturated carbocycles. The predicted octanol–water partition coefficient (Wildman–Crippen LogP) is 1.93. The van der Waals surface area contributed by atoms with Gasteiger partial charge in [-0.05, 0) is 19.3 Å². The molecular weight excluding hydrogens is 264 g/mol. The van der Waals surface area contributed by atoms with Crippen molar-refractivity contribution in [3.63, 3.8) is 0 Å². The molecule has 0 unspecified atom stereocenters. The molecule has 104 valence electrons. The lowest BCUT2D eigenvalue weighted by Gasteiger charge is -2.30. The van der Waals surface area contributed by atoms with Crippen molar-refractivity contribution in [1.29, 1.82) is 0 Å². The molecule has 0 aromatic carbocycles. The molecule has 0 aliphatic heterocycles. The van der Waals surface area contributed by atoms with Crippen molar-refractivity contribution in [3.8, 4) is 0 Å². The molecule has 1 fully saturated rings. The lowest BCUT2D eigenvalue weighted by Crippen LogP contribution is -2.41. The van der Waals surface area contributed by atoms with Gasteiger partial charge in [-0.15, -0.1) is 0 Å². The van der Waals surface area contributed by atoms with Gasteiger partial charge in [0.15, 0.2) is 0 Å². The van der Waals surface area contributed by atoms with E-state index in [1.807, 2.05) is 11.8 Å². The second kappa shape index (κ2) is 6.19. The second-order valence-electron chi connectivity index (χ2n) is 4.85. The van der Waals surface area contributed by atoms with E-state index in [-0.39, 0.29) is 12.5 Å². The Morgan fingerprint density at radius 2 is 2.16 bits per heavy atom. The Morgan fingerprint density at radius 3 is 2.74 bits per heavy atom. The van der Waals surface area contributed by atoms with Crippen molar-refractivity contribution in [2.24, 2.45) is 5.73 Å². The molecule has 0 spiro atoms. The number of carbonyl (C=O) groups excluding carboxylic acids is 1. The zero-order valence-electron chi connectivity index (χ0n) is 11.1. The predicted molar refractivity (Wildman–Crippen MR) is 75.2 cm³/mol. The van der Waals surface area contributed by atoms with E-state index in [4.69, 9.17) is 17.3 Å². The molecule has 1 aromatic rings. The number of halogens is 1. The van der Waals surface area contributed by atoms with Gasteiger partial charge in [-0.2, -0.15) is 0 Å². The highest BCUT2D eigenvalue weighted by molar-refractivity contribution is 6.30. The van der Waals surface area contributed by atoms with Gasteiger partial charge in [0.25, 0.3) is 0 Å². The van der Waals surface area contributed by atoms with Crippen LogP contribution in [0, 0.1) is 0 Å². The van der Waals surface area contributed by atoms with E-state index in [0.717, 1.165) is 30.6 Å². The standard InChI is InChI=1S/C13H19ClN4O/c1-2-10-12(14)16-8-17-13(10)18(7-11(15)19)9-5-3-4-6-9/h8-9H,2-7H2,1H3,(H2,15,19). The van der Waals surface area contributed by atoms with Crippen LogP contribution < -0.4 is 10.6 Å². The molecular formula is C13H19ClN4O. The molecule has 1 aliphatic carbocycles. The Labute approximate surface area is 118 Å². The fourth-order valence-corrected chi connectivity index (χ4v) is 2.96. The van der Waals surface area contributed by atoms with Crippen LogP contribution in [0.5, 0.6) is 0 Å². The number of primary amides is 1. The lowest BCUT2D eigenvalue weighted by molar-refractivity contribution is -0.116. The summed E-state index contributed by atoms with van der Waals surface area (Å²) in [5.41, 5.74) is 6.26. The molecule has 2 N–H and O–H groups in total. The lowest BCUT2D eigenvalue weighted by atomic mass is 10.1. The Balaban J connectivity index is 2.36. The van der Waals surface area contributed by atoms with E-state index in [0.29, 0.717) is 11.2 Å². The molecule has 2 rings (SSSR count). The average Bonchev–Trinajstić information content (AvgIpc) is 2.89. The van der Waals surface area contributed by atoms with Crippen molar-refractivity contribution < 1.29 is 4.79 Å². The fraction of sp³-hybridized carbons (Fsp3) is 0.615. The number of amides is 1. The zero-order chi connectivity index (χ0) is 13.8. The number of aromatic nitrogens is 2. The molecule has 1 aliphatic rings. The Kier molecular flexibility index (Phi) is 4.58. The minimum atomic E-state index is -0.344. The minimum Gasteiger partial charge on any atom is -0.368 e. The summed E-state index contributed by atoms with van der Waals surface area (Å²) in [5, 5.41) is 0.458. The first-order valence-electron chi connectivity index (χ1n) is 6.67. The topological polar surface area (TPSA) is 72.1 Å². The minimum absolute atomic E-state index is 0.186. The number of rotatable bonds is 5. The molecule has 0 radical (unpaired) electrons. The van der Waals surface area contributed by atoms with E-state index in [1.165, 1.54) is 19.2 Å². The van der Waals surface area contributed by atoms with Gasteiger partial charge in [-0.25, -0.2) is 9.97 Å². The van der Waals surface area contributed by atoms with E-state index in [2.05, 4.69) is 9.97 Å². The largest absolute Gasteiger partial charge is 0.368 e. The molecule has 1 aromatic heterocycles. The maximum Gasteiger partial charge on any atom is 0.237 e. The van der Waals surface area contributed by atoms with Gasteiger partial charge in [0.2, 0.25) is 5.91 Å². The van der Waals surface area contributed by atoms with Crippen molar-refractivity contribution >= 4 is 23.3 Å². The van der Waals surface area contributed by atoms with Gasteiger partial charge in [0.1, 0.15) is 17.3 Å². The number of nitrogens with zero attached hydrogens (tertiary/aromatic N) is 3. The Morgan fingerprint density at radius 1 is 1.47 bits per heavy atom. The Bertz CT molecular complexity index is 460. The highest BCUT2D eigenvalue weighted by Crippen LogP contribution is 2.31. The number of hydrogen-bond acceptors (Lipinski definition) is 4. The summed E-state index contributed by atoms with van der Waals surface area (Å²) in [6.45, 7) is 2.19. The van der Waals surface area contributed by atoms with E-state index in [1.54, 1.807) is 0 Å². The maximum absolute atomic E-state index is 11.3. The van der Waals surface area contributed by atoms with E-state index >= 15 is 0 Å². The third kappa shape index (κ3) is 3.15. The van der Waals surface area contributed by atoms with Gasteiger partial charge < -0.3 is 10.6 Å². The van der Waals surface area contributed by atoms with Crippen LogP contribution >= 0.6 is 11.6 Å². The van der Waals surface area contributed by atoms with Crippen LogP contribution in [0.1, 0.15) is 38.2 Å². The monoisotopic (exact) mass is 282 g/mol. The number of nitrogens with two attached hydrogens (primary N) is 1. The molecule has 19 heavy (non-hydrogen) atoms. The smallest absolute Gasteiger partial charge is 0.237 e. The van der Waals surface area contributed by atoms with Crippen LogP contribution in [0.2, 0.25) is 5.15 Å². The average molecular weight is 283 g/mol. The molecule has 6 heteroatoms. The van der Waals surface area contributed by atoms with Crippen LogP contribution in [0.25, 0.3) is 0 Å². The zero-order valence-corrected chi connectivity index (χ0v) is 11.9. The van der Waals surface area contributed by atoms with E-state index < -0.39 is 0 Å². The van der Waals surface area contributed by atoms with Gasteiger partial charge in [-0.3, -0.25) is 4.79 Å². The fourth-order valence-electron chi connectivity index (χ4n) is 2.69. The third-order valence-electron chi connectivity index (χ3n) is 3.59. The normalized spacial score (nSPS) is 15.7. The molecule has 0 bridgehead atoms. The summed E-state index contributed by atoms with van der Waals surface area (Å²) in [6, 6.07) is 0.323. The van der Waals surface area contributed by atoms with E-state index in [9.17, 15) is 4.79 Å². The third-order valence-corrected chi connectivity index (χ3v) is 3.91. The molecule has 1 heterocycles. The molecule has 1 amide bonds. The van der Waals surface area contributed by atoms with Gasteiger partial charge in [-0.1, -0.05) is 31.4 Å². The summed E-state index contributed by atoms with van der Waals surface area (Å²) < 4.78 is 0. The molecule has 5 nitrogen and oxygen atoms in total. The summed E-state index contributed by atoms with van der Waals surface area (Å²) in [6.07, 6.45) is 6.67. The van der Waals surface area contributed by atoms with Crippen molar-refractivity contribution in [2.45, 2.75) is 45.1 Å². The first-order chi connectivity index (χ1) is 9.13. The van der Waals surface area contributed by atoms with Crippen LogP contribution in [-0.4, -0.2) is 28.5 Å². The van der Waals surface area contributed by atoms with Gasteiger partial charge in [0, 0.05) is 11.6 Å². The van der Waals surface area contributed by atoms with Crippen molar-refractivity contribution in [1.82, 2.24) is 9.97 Å². The summed E-state index contributed by atoms with van der Waals surface area (Å²) >= 11 is 6.12. The Hall–Kier alpha value is -1.36. The van der Waals surface area contributed by atoms with Gasteiger partial charge in [0.05, 0.1) is 6.54 Å². The number of anilines is 1. The summed E-state index contributed by atoms with van der Waals surface area (Å²) in [5.74, 6) is 0.414. The number of carbonyl (C=O) groups is 1. The molecule has 0 atom stereocenters. The van der Waals surface area contributed by atoms with Crippen LogP contribution in [0.4, 0.5) is 5.82 Å². The second-order valence-corrected chi connectivity index (χ2v) is 5.21. The van der Waals surface area contributed by atoms with Crippen molar-refractivity contribution in [3.05, 3.63) is 17.0 Å². The van der Waals surface area contributed by atoms with Crippen LogP contribution in [-0.2, 0) is 11.2 Å². The summed E-state index contributed by atoms with van der Waals surface area (Å²) in [7, 11) is 0. The first-order valence-corrected chi connectivity index (χ1v) is 7.05. The maximum atomic E-state index is 11.3. The highest BCUT2D eigenvalue weighted by atomic mass is 35.5. The SMILES string of the molecule is CCc1c(Cl)ncnc1N(CC(N)=O)C1CCCC1.